The number of carbonyl (C=O) groups is 1. The van der Waals surface area contributed by atoms with E-state index in [-0.39, 0.29) is 5.91 Å². The van der Waals surface area contributed by atoms with Crippen molar-refractivity contribution in [2.24, 2.45) is 0 Å². The number of piperidine rings is 1. The van der Waals surface area contributed by atoms with Gasteiger partial charge in [0.05, 0.1) is 0 Å². The molecule has 96 valence electrons. The molecule has 0 saturated carbocycles. The second-order valence-corrected chi connectivity index (χ2v) is 5.96. The van der Waals surface area contributed by atoms with Gasteiger partial charge in [0.25, 0.3) is 0 Å². The van der Waals surface area contributed by atoms with Crippen LogP contribution in [0.1, 0.15) is 48.8 Å². The summed E-state index contributed by atoms with van der Waals surface area (Å²) in [6.45, 7) is 5.07. The van der Waals surface area contributed by atoms with E-state index in [0.29, 0.717) is 18.4 Å². The molecule has 2 atom stereocenters. The molecule has 0 radical (unpaired) electrons. The van der Waals surface area contributed by atoms with Gasteiger partial charge in [-0.15, -0.1) is 11.3 Å². The number of nitrogens with zero attached hydrogens (tertiary/aromatic N) is 2. The number of carbonyl (C=O) groups excluding carboxylic acids is 1. The molecule has 2 rings (SSSR count). The van der Waals surface area contributed by atoms with Crippen LogP contribution in [0.2, 0.25) is 0 Å². The fourth-order valence-electron chi connectivity index (χ4n) is 2.41. The fourth-order valence-corrected chi connectivity index (χ4v) is 3.35. The van der Waals surface area contributed by atoms with Crippen LogP contribution in [0, 0.1) is 11.3 Å². The van der Waals surface area contributed by atoms with E-state index in [2.05, 4.69) is 19.9 Å². The number of amides is 1. The normalized spacial score (nSPS) is 21.7. The lowest BCUT2D eigenvalue weighted by Gasteiger charge is -2.35. The predicted octanol–water partition coefficient (Wildman–Crippen LogP) is 3.12. The maximum atomic E-state index is 12.1. The number of likely N-dealkylation sites (tertiary alicyclic amines) is 1. The zero-order valence-electron chi connectivity index (χ0n) is 10.8. The van der Waals surface area contributed by atoms with Crippen molar-refractivity contribution in [3.8, 4) is 6.07 Å². The van der Waals surface area contributed by atoms with Gasteiger partial charge >= 0.3 is 0 Å². The molecule has 3 nitrogen and oxygen atoms in total. The van der Waals surface area contributed by atoms with Crippen LogP contribution in [0.25, 0.3) is 0 Å². The highest BCUT2D eigenvalue weighted by atomic mass is 32.1. The molecule has 1 fully saturated rings. The second-order valence-electron chi connectivity index (χ2n) is 4.85. The Bertz CT molecular complexity index is 474. The van der Waals surface area contributed by atoms with Crippen LogP contribution < -0.4 is 0 Å². The predicted molar refractivity (Wildman–Crippen MR) is 72.5 cm³/mol. The van der Waals surface area contributed by atoms with Gasteiger partial charge in [0.1, 0.15) is 10.9 Å². The quantitative estimate of drug-likeness (QED) is 0.840. The van der Waals surface area contributed by atoms with Crippen molar-refractivity contribution in [2.75, 3.05) is 6.54 Å². The van der Waals surface area contributed by atoms with Crippen LogP contribution in [0.4, 0.5) is 0 Å². The van der Waals surface area contributed by atoms with Crippen molar-refractivity contribution >= 4 is 17.2 Å². The molecule has 0 aliphatic carbocycles. The molecule has 1 aliphatic rings. The molecule has 1 aromatic rings. The van der Waals surface area contributed by atoms with Crippen LogP contribution >= 0.6 is 11.3 Å². The highest BCUT2D eigenvalue weighted by Crippen LogP contribution is 2.34. The highest BCUT2D eigenvalue weighted by Gasteiger charge is 2.29. The Labute approximate surface area is 112 Å². The SMILES string of the molecule is CCC(C)N1CCC(c2ccc(C#N)s2)CC1=O. The standard InChI is InChI=1S/C14H18N2OS/c1-3-10(2)16-7-6-11(8-14(16)17)13-5-4-12(9-15)18-13/h4-5,10-11H,3,6-8H2,1-2H3. The van der Waals surface area contributed by atoms with Crippen molar-refractivity contribution in [1.29, 1.82) is 5.26 Å². The van der Waals surface area contributed by atoms with Crippen LogP contribution in [-0.4, -0.2) is 23.4 Å². The number of hydrogen-bond donors (Lipinski definition) is 0. The maximum absolute atomic E-state index is 12.1. The van der Waals surface area contributed by atoms with Crippen LogP contribution in [0.3, 0.4) is 0 Å². The molecule has 0 bridgehead atoms. The highest BCUT2D eigenvalue weighted by molar-refractivity contribution is 7.12. The van der Waals surface area contributed by atoms with Gasteiger partial charge in [-0.25, -0.2) is 0 Å². The van der Waals surface area contributed by atoms with E-state index >= 15 is 0 Å². The summed E-state index contributed by atoms with van der Waals surface area (Å²) in [7, 11) is 0. The first-order chi connectivity index (χ1) is 8.65. The lowest BCUT2D eigenvalue weighted by atomic mass is 9.93. The first-order valence-corrected chi connectivity index (χ1v) is 7.26. The topological polar surface area (TPSA) is 44.1 Å². The van der Waals surface area contributed by atoms with Crippen molar-refractivity contribution in [2.45, 2.75) is 45.1 Å². The molecule has 18 heavy (non-hydrogen) atoms. The molecule has 1 saturated heterocycles. The maximum Gasteiger partial charge on any atom is 0.223 e. The minimum Gasteiger partial charge on any atom is -0.340 e. The van der Waals surface area contributed by atoms with Crippen molar-refractivity contribution in [1.82, 2.24) is 4.90 Å². The number of hydrogen-bond acceptors (Lipinski definition) is 3. The van der Waals surface area contributed by atoms with E-state index in [1.165, 1.54) is 16.2 Å². The zero-order chi connectivity index (χ0) is 13.1. The Hall–Kier alpha value is -1.34. The summed E-state index contributed by atoms with van der Waals surface area (Å²) in [5, 5.41) is 8.83. The van der Waals surface area contributed by atoms with Crippen LogP contribution in [-0.2, 0) is 4.79 Å². The summed E-state index contributed by atoms with van der Waals surface area (Å²) in [6, 6.07) is 6.35. The molecule has 2 unspecified atom stereocenters. The van der Waals surface area contributed by atoms with E-state index in [1.54, 1.807) is 0 Å². The minimum atomic E-state index is 0.257. The third kappa shape index (κ3) is 2.56. The van der Waals surface area contributed by atoms with Gasteiger partial charge < -0.3 is 4.90 Å². The van der Waals surface area contributed by atoms with Crippen molar-refractivity contribution in [3.63, 3.8) is 0 Å². The molecule has 1 aliphatic heterocycles. The van der Waals surface area contributed by atoms with Crippen LogP contribution in [0.5, 0.6) is 0 Å². The van der Waals surface area contributed by atoms with E-state index < -0.39 is 0 Å². The van der Waals surface area contributed by atoms with Crippen molar-refractivity contribution in [3.05, 3.63) is 21.9 Å². The lowest BCUT2D eigenvalue weighted by Crippen LogP contribution is -2.43. The van der Waals surface area contributed by atoms with Gasteiger partial charge in [0, 0.05) is 29.8 Å². The van der Waals surface area contributed by atoms with Gasteiger partial charge in [-0.3, -0.25) is 4.79 Å². The molecular formula is C14H18N2OS. The lowest BCUT2D eigenvalue weighted by molar-refractivity contribution is -0.136. The number of nitriles is 1. The summed E-state index contributed by atoms with van der Waals surface area (Å²) in [6.07, 6.45) is 2.62. The molecule has 0 aromatic carbocycles. The summed E-state index contributed by atoms with van der Waals surface area (Å²) >= 11 is 1.52. The summed E-state index contributed by atoms with van der Waals surface area (Å²) in [5.74, 6) is 0.567. The van der Waals surface area contributed by atoms with E-state index in [0.717, 1.165) is 24.3 Å². The molecule has 1 amide bonds. The van der Waals surface area contributed by atoms with Gasteiger partial charge in [-0.1, -0.05) is 6.92 Å². The average molecular weight is 262 g/mol. The number of thiophene rings is 1. The molecule has 2 heterocycles. The summed E-state index contributed by atoms with van der Waals surface area (Å²) in [5.41, 5.74) is 0. The first-order valence-electron chi connectivity index (χ1n) is 6.45. The van der Waals surface area contributed by atoms with Crippen molar-refractivity contribution < 1.29 is 4.79 Å². The second kappa shape index (κ2) is 5.53. The van der Waals surface area contributed by atoms with E-state index in [9.17, 15) is 4.79 Å². The Morgan fingerprint density at radius 1 is 1.61 bits per heavy atom. The van der Waals surface area contributed by atoms with Gasteiger partial charge in [0.15, 0.2) is 0 Å². The Morgan fingerprint density at radius 2 is 2.39 bits per heavy atom. The Kier molecular flexibility index (Phi) is 4.03. The van der Waals surface area contributed by atoms with Crippen LogP contribution in [0.15, 0.2) is 12.1 Å². The largest absolute Gasteiger partial charge is 0.340 e. The molecule has 0 N–H and O–H groups in total. The third-order valence-corrected chi connectivity index (χ3v) is 4.87. The monoisotopic (exact) mass is 262 g/mol. The molecule has 0 spiro atoms. The summed E-state index contributed by atoms with van der Waals surface area (Å²) < 4.78 is 0. The fraction of sp³-hybridized carbons (Fsp3) is 0.571. The zero-order valence-corrected chi connectivity index (χ0v) is 11.7. The third-order valence-electron chi connectivity index (χ3n) is 3.72. The first kappa shape index (κ1) is 13.1. The smallest absolute Gasteiger partial charge is 0.223 e. The van der Waals surface area contributed by atoms with Gasteiger partial charge in [0.2, 0.25) is 5.91 Å². The Morgan fingerprint density at radius 3 is 2.94 bits per heavy atom. The Balaban J connectivity index is 2.04. The molecule has 1 aromatic heterocycles. The average Bonchev–Trinajstić information content (AvgIpc) is 2.86. The summed E-state index contributed by atoms with van der Waals surface area (Å²) in [4.78, 5) is 16.0. The van der Waals surface area contributed by atoms with Gasteiger partial charge in [-0.05, 0) is 31.9 Å². The van der Waals surface area contributed by atoms with E-state index in [4.69, 9.17) is 5.26 Å². The molecular weight excluding hydrogens is 244 g/mol. The molecule has 4 heteroatoms. The van der Waals surface area contributed by atoms with Gasteiger partial charge in [-0.2, -0.15) is 5.26 Å². The minimum absolute atomic E-state index is 0.257. The number of rotatable bonds is 3. The van der Waals surface area contributed by atoms with E-state index in [1.807, 2.05) is 17.0 Å².